The lowest BCUT2D eigenvalue weighted by Crippen LogP contribution is -2.54. The van der Waals surface area contributed by atoms with Crippen molar-refractivity contribution in [2.24, 2.45) is 0 Å². The highest BCUT2D eigenvalue weighted by Crippen LogP contribution is 2.50. The first-order valence-corrected chi connectivity index (χ1v) is 17.3. The number of anilines is 2. The van der Waals surface area contributed by atoms with Gasteiger partial charge in [0.05, 0.1) is 12.8 Å². The Balaban J connectivity index is 1.18. The number of nitrogens with zero attached hydrogens (tertiary/aromatic N) is 2. The number of hydrogen-bond donors (Lipinski definition) is 1. The third-order valence-corrected chi connectivity index (χ3v) is 10.1. The smallest absolute Gasteiger partial charge is 0.335 e. The Morgan fingerprint density at radius 3 is 1.90 bits per heavy atom. The molecule has 3 aliphatic heterocycles. The molecule has 3 aliphatic rings. The molecule has 5 aromatic carbocycles. The third-order valence-electron chi connectivity index (χ3n) is 10.1. The lowest BCUT2D eigenvalue weighted by Gasteiger charge is -2.44. The van der Waals surface area contributed by atoms with Crippen molar-refractivity contribution in [2.45, 2.75) is 31.3 Å². The van der Waals surface area contributed by atoms with Gasteiger partial charge in [-0.2, -0.15) is 0 Å². The van der Waals surface area contributed by atoms with Gasteiger partial charge in [0.1, 0.15) is 12.2 Å². The minimum Gasteiger partial charge on any atom is -0.493 e. The fourth-order valence-corrected chi connectivity index (χ4v) is 7.66. The molecular weight excluding hydrogens is 638 g/mol. The molecule has 0 radical (unpaired) electrons. The molecule has 4 amide bonds. The van der Waals surface area contributed by atoms with Crippen LogP contribution in [-0.4, -0.2) is 38.0 Å². The maximum absolute atomic E-state index is 14.3. The Morgan fingerprint density at radius 1 is 0.725 bits per heavy atom. The third kappa shape index (κ3) is 6.14. The van der Waals surface area contributed by atoms with Crippen LogP contribution >= 0.6 is 0 Å². The molecule has 0 saturated carbocycles. The number of hydrogen-bond acceptors (Lipinski definition) is 6. The standard InChI is InChI=1S/C43H37N3O5/c1-50-39-24-29(17-18-38(39)51-27-28-11-5-2-6-12-28)23-37-41(47)44-43(49)46(42(37)48)32-25-35-33(30-13-7-3-8-14-30)19-21-45-22-20-34(36(26-32)40(35)45)31-15-9-4-10-16-31/h2-18,23-26,33-34H,19-22,27H2,1H3,(H,44,47,49)/b37-23+/t33-,34-/m0/s1. The van der Waals surface area contributed by atoms with Crippen molar-refractivity contribution in [3.05, 3.63) is 160 Å². The Labute approximate surface area is 296 Å². The molecule has 0 spiro atoms. The van der Waals surface area contributed by atoms with Crippen molar-refractivity contribution in [1.29, 1.82) is 0 Å². The number of ether oxygens (including phenoxy) is 2. The summed E-state index contributed by atoms with van der Waals surface area (Å²) in [5.41, 5.74) is 7.57. The van der Waals surface area contributed by atoms with E-state index in [0.29, 0.717) is 29.4 Å². The lowest BCUT2D eigenvalue weighted by molar-refractivity contribution is -0.122. The highest BCUT2D eigenvalue weighted by molar-refractivity contribution is 6.39. The van der Waals surface area contributed by atoms with Gasteiger partial charge in [-0.3, -0.25) is 14.9 Å². The SMILES string of the molecule is COc1cc(/C=C2\C(=O)NC(=O)N(c3cc4c5c(c3)[C@H](c3ccccc3)CCN5CC[C@H]4c3ccccc3)C2=O)ccc1OCc1ccccc1. The van der Waals surface area contributed by atoms with Gasteiger partial charge in [0.25, 0.3) is 11.8 Å². The maximum Gasteiger partial charge on any atom is 0.335 e. The topological polar surface area (TPSA) is 88.2 Å². The van der Waals surface area contributed by atoms with Crippen LogP contribution in [0.3, 0.4) is 0 Å². The van der Waals surface area contributed by atoms with E-state index >= 15 is 0 Å². The number of barbiturate groups is 1. The van der Waals surface area contributed by atoms with Crippen molar-refractivity contribution in [1.82, 2.24) is 5.32 Å². The second kappa shape index (κ2) is 13.6. The number of benzene rings is 5. The molecule has 2 atom stereocenters. The minimum absolute atomic E-state index is 0.0837. The molecule has 8 heteroatoms. The predicted molar refractivity (Wildman–Crippen MR) is 197 cm³/mol. The molecule has 1 saturated heterocycles. The van der Waals surface area contributed by atoms with Crippen molar-refractivity contribution in [3.63, 3.8) is 0 Å². The zero-order valence-corrected chi connectivity index (χ0v) is 28.3. The van der Waals surface area contributed by atoms with Gasteiger partial charge in [0, 0.05) is 30.6 Å². The van der Waals surface area contributed by atoms with Crippen LogP contribution in [-0.2, 0) is 16.2 Å². The Kier molecular flexibility index (Phi) is 8.57. The molecule has 51 heavy (non-hydrogen) atoms. The Bertz CT molecular complexity index is 2080. The van der Waals surface area contributed by atoms with E-state index in [4.69, 9.17) is 9.47 Å². The van der Waals surface area contributed by atoms with Crippen molar-refractivity contribution in [3.8, 4) is 11.5 Å². The summed E-state index contributed by atoms with van der Waals surface area (Å²) in [5, 5.41) is 2.43. The summed E-state index contributed by atoms with van der Waals surface area (Å²) in [6.07, 6.45) is 3.31. The van der Waals surface area contributed by atoms with Gasteiger partial charge in [0.15, 0.2) is 11.5 Å². The van der Waals surface area contributed by atoms with E-state index in [1.807, 2.05) is 78.9 Å². The molecule has 3 heterocycles. The molecular formula is C43H37N3O5. The first-order chi connectivity index (χ1) is 25.0. The number of urea groups is 1. The molecule has 5 aromatic rings. The van der Waals surface area contributed by atoms with Crippen molar-refractivity contribution < 1.29 is 23.9 Å². The van der Waals surface area contributed by atoms with Crippen LogP contribution in [0.15, 0.2) is 127 Å². The van der Waals surface area contributed by atoms with Crippen LogP contribution in [0.1, 0.15) is 58.1 Å². The van der Waals surface area contributed by atoms with E-state index in [0.717, 1.165) is 47.5 Å². The van der Waals surface area contributed by atoms with Crippen LogP contribution in [0.2, 0.25) is 0 Å². The van der Waals surface area contributed by atoms with Crippen molar-refractivity contribution >= 4 is 35.3 Å². The van der Waals surface area contributed by atoms with Gasteiger partial charge in [-0.15, -0.1) is 0 Å². The average molecular weight is 676 g/mol. The summed E-state index contributed by atoms with van der Waals surface area (Å²) < 4.78 is 11.6. The van der Waals surface area contributed by atoms with E-state index in [1.54, 1.807) is 18.2 Å². The van der Waals surface area contributed by atoms with E-state index in [1.165, 1.54) is 30.0 Å². The van der Waals surface area contributed by atoms with Gasteiger partial charge in [-0.25, -0.2) is 9.69 Å². The number of imide groups is 2. The molecule has 254 valence electrons. The predicted octanol–water partition coefficient (Wildman–Crippen LogP) is 7.82. The number of carbonyl (C=O) groups excluding carboxylic acids is 3. The Morgan fingerprint density at radius 2 is 1.31 bits per heavy atom. The highest BCUT2D eigenvalue weighted by atomic mass is 16.5. The second-order valence-corrected chi connectivity index (χ2v) is 13.1. The minimum atomic E-state index is -0.771. The van der Waals surface area contributed by atoms with Crippen LogP contribution < -0.4 is 24.6 Å². The van der Waals surface area contributed by atoms with Gasteiger partial charge < -0.3 is 14.4 Å². The summed E-state index contributed by atoms with van der Waals surface area (Å²) >= 11 is 0. The number of carbonyl (C=O) groups is 3. The first kappa shape index (κ1) is 32.1. The summed E-state index contributed by atoms with van der Waals surface area (Å²) in [4.78, 5) is 44.7. The number of methoxy groups -OCH3 is 1. The first-order valence-electron chi connectivity index (χ1n) is 17.3. The Hall–Kier alpha value is -6.15. The maximum atomic E-state index is 14.3. The molecule has 0 bridgehead atoms. The molecule has 0 aromatic heterocycles. The fourth-order valence-electron chi connectivity index (χ4n) is 7.66. The molecule has 8 rings (SSSR count). The fraction of sp³-hybridized carbons (Fsp3) is 0.186. The van der Waals surface area contributed by atoms with Gasteiger partial charge >= 0.3 is 6.03 Å². The molecule has 1 N–H and O–H groups in total. The van der Waals surface area contributed by atoms with Crippen LogP contribution in [0.4, 0.5) is 16.2 Å². The largest absolute Gasteiger partial charge is 0.493 e. The molecule has 8 nitrogen and oxygen atoms in total. The van der Waals surface area contributed by atoms with Gasteiger partial charge in [-0.05, 0) is 76.6 Å². The summed E-state index contributed by atoms with van der Waals surface area (Å²) in [5.74, 6) is -0.290. The van der Waals surface area contributed by atoms with Crippen LogP contribution in [0.25, 0.3) is 6.08 Å². The van der Waals surface area contributed by atoms with Gasteiger partial charge in [0.2, 0.25) is 0 Å². The zero-order chi connectivity index (χ0) is 34.9. The average Bonchev–Trinajstić information content (AvgIpc) is 3.17. The molecule has 0 aliphatic carbocycles. The summed E-state index contributed by atoms with van der Waals surface area (Å²) in [7, 11) is 1.54. The summed E-state index contributed by atoms with van der Waals surface area (Å²) in [6, 6.07) is 39.0. The van der Waals surface area contributed by atoms with Crippen LogP contribution in [0, 0.1) is 0 Å². The number of nitrogens with one attached hydrogen (secondary N) is 1. The normalized spacial score (nSPS) is 19.1. The van der Waals surface area contributed by atoms with Crippen molar-refractivity contribution in [2.75, 3.05) is 30.0 Å². The van der Waals surface area contributed by atoms with E-state index < -0.39 is 17.8 Å². The highest BCUT2D eigenvalue weighted by Gasteiger charge is 2.40. The number of amides is 4. The molecule has 0 unspecified atom stereocenters. The lowest BCUT2D eigenvalue weighted by atomic mass is 9.76. The van der Waals surface area contributed by atoms with E-state index in [2.05, 4.69) is 34.5 Å². The van der Waals surface area contributed by atoms with E-state index in [9.17, 15) is 14.4 Å². The second-order valence-electron chi connectivity index (χ2n) is 13.1. The monoisotopic (exact) mass is 675 g/mol. The van der Waals surface area contributed by atoms with E-state index in [-0.39, 0.29) is 17.4 Å². The zero-order valence-electron chi connectivity index (χ0n) is 28.3. The summed E-state index contributed by atoms with van der Waals surface area (Å²) in [6.45, 7) is 2.20. The van der Waals surface area contributed by atoms with Crippen LogP contribution in [0.5, 0.6) is 11.5 Å². The van der Waals surface area contributed by atoms with Gasteiger partial charge in [-0.1, -0.05) is 97.1 Å². The number of rotatable bonds is 8. The molecule has 1 fully saturated rings. The quantitative estimate of drug-likeness (QED) is 0.133.